The number of amides is 3. The highest BCUT2D eigenvalue weighted by Crippen LogP contribution is 2.28. The second kappa shape index (κ2) is 11.9. The number of para-hydroxylation sites is 1. The lowest BCUT2D eigenvalue weighted by Crippen LogP contribution is -2.56. The molecule has 2 rings (SSSR count). The molecule has 0 aliphatic rings. The molecule has 190 valence electrons. The third-order valence-electron chi connectivity index (χ3n) is 5.46. The van der Waals surface area contributed by atoms with Crippen LogP contribution in [-0.2, 0) is 14.3 Å². The van der Waals surface area contributed by atoms with Crippen LogP contribution in [0, 0.1) is 12.8 Å². The van der Waals surface area contributed by atoms with E-state index in [1.54, 1.807) is 25.7 Å². The lowest BCUT2D eigenvalue weighted by atomic mass is 9.97. The Kier molecular flexibility index (Phi) is 9.46. The summed E-state index contributed by atoms with van der Waals surface area (Å²) in [4.78, 5) is 41.7. The number of hydrogen-bond donors (Lipinski definition) is 2. The van der Waals surface area contributed by atoms with Crippen molar-refractivity contribution >= 4 is 23.6 Å². The van der Waals surface area contributed by atoms with Crippen molar-refractivity contribution in [3.63, 3.8) is 0 Å². The molecule has 2 aromatic rings. The Labute approximate surface area is 209 Å². The highest BCUT2D eigenvalue weighted by Gasteiger charge is 2.39. The molecular formula is C28H39N3O4. The zero-order chi connectivity index (χ0) is 26.3. The third-order valence-corrected chi connectivity index (χ3v) is 5.46. The van der Waals surface area contributed by atoms with E-state index in [-0.39, 0.29) is 23.8 Å². The van der Waals surface area contributed by atoms with Gasteiger partial charge in [0.15, 0.2) is 0 Å². The molecule has 0 fully saturated rings. The predicted molar refractivity (Wildman–Crippen MR) is 139 cm³/mol. The maximum atomic E-state index is 13.9. The number of anilines is 1. The molecule has 2 N–H and O–H groups in total. The van der Waals surface area contributed by atoms with Crippen molar-refractivity contribution in [3.05, 3.63) is 65.7 Å². The molecule has 7 nitrogen and oxygen atoms in total. The van der Waals surface area contributed by atoms with Gasteiger partial charge in [-0.05, 0) is 64.7 Å². The van der Waals surface area contributed by atoms with Gasteiger partial charge in [0, 0.05) is 11.7 Å². The Balaban J connectivity index is 2.47. The number of carbonyl (C=O) groups is 3. The summed E-state index contributed by atoms with van der Waals surface area (Å²) in [6, 6.07) is 14.6. The van der Waals surface area contributed by atoms with Crippen molar-refractivity contribution in [2.75, 3.05) is 5.32 Å². The number of aryl methyl sites for hydroxylation is 1. The summed E-state index contributed by atoms with van der Waals surface area (Å²) in [6.45, 7) is 14.6. The Hall–Kier alpha value is -3.35. The largest absolute Gasteiger partial charge is 0.444 e. The van der Waals surface area contributed by atoms with Gasteiger partial charge in [0.1, 0.15) is 17.7 Å². The molecule has 0 spiro atoms. The fourth-order valence-electron chi connectivity index (χ4n) is 3.78. The summed E-state index contributed by atoms with van der Waals surface area (Å²) in [5.74, 6) is -0.908. The first-order valence-corrected chi connectivity index (χ1v) is 12.0. The molecule has 2 atom stereocenters. The summed E-state index contributed by atoms with van der Waals surface area (Å²) in [5, 5.41) is 5.72. The number of rotatable bonds is 8. The van der Waals surface area contributed by atoms with Crippen LogP contribution in [0.25, 0.3) is 0 Å². The van der Waals surface area contributed by atoms with E-state index in [1.807, 2.05) is 89.2 Å². The smallest absolute Gasteiger partial charge is 0.408 e. The van der Waals surface area contributed by atoms with Gasteiger partial charge in [0.2, 0.25) is 5.91 Å². The zero-order valence-corrected chi connectivity index (χ0v) is 22.1. The van der Waals surface area contributed by atoms with E-state index >= 15 is 0 Å². The van der Waals surface area contributed by atoms with Crippen LogP contribution in [0.15, 0.2) is 54.6 Å². The van der Waals surface area contributed by atoms with Crippen LogP contribution in [0.2, 0.25) is 0 Å². The molecule has 0 aliphatic carbocycles. The SMILES string of the molecule is Cc1ccccc1NC(=O)C(c1ccccc1)N(C(=O)C(NC(=O)OC(C)(C)C)C(C)C)C(C)C. The highest BCUT2D eigenvalue weighted by molar-refractivity contribution is 5.99. The van der Waals surface area contributed by atoms with Crippen molar-refractivity contribution in [3.8, 4) is 0 Å². The average Bonchev–Trinajstić information content (AvgIpc) is 2.75. The van der Waals surface area contributed by atoms with Gasteiger partial charge in [-0.15, -0.1) is 0 Å². The summed E-state index contributed by atoms with van der Waals surface area (Å²) >= 11 is 0. The molecule has 0 heterocycles. The Morgan fingerprint density at radius 1 is 0.886 bits per heavy atom. The second-order valence-electron chi connectivity index (χ2n) is 10.3. The maximum absolute atomic E-state index is 13.9. The van der Waals surface area contributed by atoms with Crippen LogP contribution in [0.4, 0.5) is 10.5 Å². The fraction of sp³-hybridized carbons (Fsp3) is 0.464. The molecule has 0 aliphatic heterocycles. The maximum Gasteiger partial charge on any atom is 0.408 e. The van der Waals surface area contributed by atoms with Crippen molar-refractivity contribution in [2.24, 2.45) is 5.92 Å². The van der Waals surface area contributed by atoms with Gasteiger partial charge in [0.25, 0.3) is 5.91 Å². The van der Waals surface area contributed by atoms with E-state index in [2.05, 4.69) is 10.6 Å². The number of alkyl carbamates (subject to hydrolysis) is 1. The molecule has 35 heavy (non-hydrogen) atoms. The molecule has 7 heteroatoms. The van der Waals surface area contributed by atoms with Gasteiger partial charge in [-0.3, -0.25) is 9.59 Å². The quantitative estimate of drug-likeness (QED) is 0.524. The topological polar surface area (TPSA) is 87.7 Å². The number of hydrogen-bond acceptors (Lipinski definition) is 4. The van der Waals surface area contributed by atoms with Crippen molar-refractivity contribution in [1.82, 2.24) is 10.2 Å². The number of benzene rings is 2. The van der Waals surface area contributed by atoms with Crippen LogP contribution in [0.3, 0.4) is 0 Å². The lowest BCUT2D eigenvalue weighted by Gasteiger charge is -2.38. The van der Waals surface area contributed by atoms with E-state index in [1.165, 1.54) is 0 Å². The number of nitrogens with zero attached hydrogens (tertiary/aromatic N) is 1. The van der Waals surface area contributed by atoms with Crippen LogP contribution in [0.1, 0.15) is 65.6 Å². The summed E-state index contributed by atoms with van der Waals surface area (Å²) < 4.78 is 5.39. The van der Waals surface area contributed by atoms with Crippen molar-refractivity contribution in [1.29, 1.82) is 0 Å². The molecule has 0 saturated carbocycles. The second-order valence-corrected chi connectivity index (χ2v) is 10.3. The first-order valence-electron chi connectivity index (χ1n) is 12.0. The van der Waals surface area contributed by atoms with Gasteiger partial charge >= 0.3 is 6.09 Å². The fourth-order valence-corrected chi connectivity index (χ4v) is 3.78. The van der Waals surface area contributed by atoms with E-state index in [0.29, 0.717) is 11.3 Å². The number of nitrogens with one attached hydrogen (secondary N) is 2. The Bertz CT molecular complexity index is 1010. The molecule has 0 bridgehead atoms. The van der Waals surface area contributed by atoms with E-state index < -0.39 is 23.8 Å². The Morgan fingerprint density at radius 2 is 1.46 bits per heavy atom. The molecular weight excluding hydrogens is 442 g/mol. The predicted octanol–water partition coefficient (Wildman–Crippen LogP) is 5.46. The van der Waals surface area contributed by atoms with Gasteiger partial charge in [-0.25, -0.2) is 4.79 Å². The minimum Gasteiger partial charge on any atom is -0.444 e. The lowest BCUT2D eigenvalue weighted by molar-refractivity contribution is -0.143. The zero-order valence-electron chi connectivity index (χ0n) is 22.1. The van der Waals surface area contributed by atoms with E-state index in [0.717, 1.165) is 5.56 Å². The van der Waals surface area contributed by atoms with E-state index in [4.69, 9.17) is 4.74 Å². The molecule has 0 radical (unpaired) electrons. The molecule has 0 aromatic heterocycles. The molecule has 2 aromatic carbocycles. The monoisotopic (exact) mass is 481 g/mol. The summed E-state index contributed by atoms with van der Waals surface area (Å²) in [6.07, 6.45) is -0.672. The van der Waals surface area contributed by atoms with Gasteiger partial charge < -0.3 is 20.3 Å². The summed E-state index contributed by atoms with van der Waals surface area (Å²) in [5.41, 5.74) is 1.58. The normalized spacial score (nSPS) is 13.2. The first-order chi connectivity index (χ1) is 16.3. The van der Waals surface area contributed by atoms with Crippen LogP contribution >= 0.6 is 0 Å². The van der Waals surface area contributed by atoms with Crippen LogP contribution < -0.4 is 10.6 Å². The van der Waals surface area contributed by atoms with Gasteiger partial charge in [-0.2, -0.15) is 0 Å². The molecule has 2 unspecified atom stereocenters. The van der Waals surface area contributed by atoms with Gasteiger partial charge in [0.05, 0.1) is 0 Å². The third kappa shape index (κ3) is 7.84. The summed E-state index contributed by atoms with van der Waals surface area (Å²) in [7, 11) is 0. The van der Waals surface area contributed by atoms with Gasteiger partial charge in [-0.1, -0.05) is 62.4 Å². The van der Waals surface area contributed by atoms with Crippen LogP contribution in [-0.4, -0.2) is 40.5 Å². The minimum absolute atomic E-state index is 0.230. The van der Waals surface area contributed by atoms with E-state index in [9.17, 15) is 14.4 Å². The number of ether oxygens (including phenoxy) is 1. The van der Waals surface area contributed by atoms with Crippen LogP contribution in [0.5, 0.6) is 0 Å². The average molecular weight is 482 g/mol. The Morgan fingerprint density at radius 3 is 1.97 bits per heavy atom. The first kappa shape index (κ1) is 27.9. The standard InChI is InChI=1S/C28H39N3O4/c1-18(2)23(30-27(34)35-28(6,7)8)26(33)31(19(3)4)24(21-15-10-9-11-16-21)25(32)29-22-17-13-12-14-20(22)5/h9-19,23-24H,1-8H3,(H,29,32)(H,30,34). The van der Waals surface area contributed by atoms with Crippen molar-refractivity contribution < 1.29 is 19.1 Å². The minimum atomic E-state index is -0.898. The highest BCUT2D eigenvalue weighted by atomic mass is 16.6. The number of carbonyl (C=O) groups excluding carboxylic acids is 3. The molecule has 3 amide bonds. The molecule has 0 saturated heterocycles. The van der Waals surface area contributed by atoms with Crippen molar-refractivity contribution in [2.45, 2.75) is 79.1 Å².